The number of hydrogen-bond donors (Lipinski definition) is 2. The number of nitrogens with zero attached hydrogens (tertiary/aromatic N) is 1. The molecule has 108 valence electrons. The highest BCUT2D eigenvalue weighted by Gasteiger charge is 2.43. The molecule has 1 aliphatic carbocycles. The maximum Gasteiger partial charge on any atom is 0.326 e. The lowest BCUT2D eigenvalue weighted by Crippen LogP contribution is -2.60. The first-order valence-corrected chi connectivity index (χ1v) is 7.32. The number of likely N-dealkylation sites (tertiary alicyclic amines) is 1. The van der Waals surface area contributed by atoms with E-state index in [4.69, 9.17) is 0 Å². The number of urea groups is 1. The fraction of sp³-hybridized carbons (Fsp3) is 0.857. The number of hydrogen-bond acceptors (Lipinski definition) is 2. The molecule has 1 heterocycles. The van der Waals surface area contributed by atoms with Gasteiger partial charge in [0, 0.05) is 12.1 Å². The van der Waals surface area contributed by atoms with Crippen molar-refractivity contribution in [2.45, 2.75) is 70.5 Å². The third kappa shape index (κ3) is 3.01. The third-order valence-electron chi connectivity index (χ3n) is 4.30. The minimum atomic E-state index is -0.872. The van der Waals surface area contributed by atoms with Crippen molar-refractivity contribution in [3.63, 3.8) is 0 Å². The Balaban J connectivity index is 2.18. The summed E-state index contributed by atoms with van der Waals surface area (Å²) >= 11 is 0. The Hall–Kier alpha value is -1.26. The first kappa shape index (κ1) is 14.2. The molecule has 2 N–H and O–H groups in total. The summed E-state index contributed by atoms with van der Waals surface area (Å²) in [5.74, 6) is -0.384. The minimum Gasteiger partial charge on any atom is -0.480 e. The molecule has 2 rings (SSSR count). The molecule has 0 aromatic heterocycles. The first-order chi connectivity index (χ1) is 9.00. The van der Waals surface area contributed by atoms with Gasteiger partial charge in [-0.3, -0.25) is 0 Å². The number of carbonyl (C=O) groups is 2. The zero-order valence-corrected chi connectivity index (χ0v) is 11.8. The predicted molar refractivity (Wildman–Crippen MR) is 71.9 cm³/mol. The van der Waals surface area contributed by atoms with Crippen molar-refractivity contribution in [1.82, 2.24) is 10.2 Å². The van der Waals surface area contributed by atoms with Gasteiger partial charge in [-0.2, -0.15) is 0 Å². The van der Waals surface area contributed by atoms with Crippen LogP contribution in [0.15, 0.2) is 0 Å². The topological polar surface area (TPSA) is 69.6 Å². The second-order valence-electron chi connectivity index (χ2n) is 6.05. The van der Waals surface area contributed by atoms with E-state index >= 15 is 0 Å². The molecule has 5 nitrogen and oxygen atoms in total. The van der Waals surface area contributed by atoms with E-state index in [0.717, 1.165) is 25.7 Å². The van der Waals surface area contributed by atoms with Gasteiger partial charge in [0.2, 0.25) is 0 Å². The Morgan fingerprint density at radius 2 is 1.84 bits per heavy atom. The van der Waals surface area contributed by atoms with Gasteiger partial charge in [-0.15, -0.1) is 0 Å². The highest BCUT2D eigenvalue weighted by atomic mass is 16.4. The van der Waals surface area contributed by atoms with E-state index in [2.05, 4.69) is 5.32 Å². The predicted octanol–water partition coefficient (Wildman–Crippen LogP) is 2.21. The van der Waals surface area contributed by atoms with Gasteiger partial charge in [-0.05, 0) is 45.4 Å². The molecule has 2 fully saturated rings. The lowest BCUT2D eigenvalue weighted by molar-refractivity contribution is -0.145. The van der Waals surface area contributed by atoms with Crippen LogP contribution in [-0.2, 0) is 4.79 Å². The summed E-state index contributed by atoms with van der Waals surface area (Å²) in [6.07, 6.45) is 5.90. The highest BCUT2D eigenvalue weighted by Crippen LogP contribution is 2.37. The molecule has 1 aliphatic heterocycles. The van der Waals surface area contributed by atoms with Crippen molar-refractivity contribution in [3.05, 3.63) is 0 Å². The van der Waals surface area contributed by atoms with Crippen LogP contribution in [0.2, 0.25) is 0 Å². The monoisotopic (exact) mass is 268 g/mol. The molecular formula is C14H24N2O3. The molecule has 19 heavy (non-hydrogen) atoms. The summed E-state index contributed by atoms with van der Waals surface area (Å²) in [5.41, 5.74) is 0. The van der Waals surface area contributed by atoms with Crippen LogP contribution in [0.1, 0.15) is 52.4 Å². The quantitative estimate of drug-likeness (QED) is 0.806. The number of piperidine rings is 1. The van der Waals surface area contributed by atoms with Gasteiger partial charge < -0.3 is 15.3 Å². The van der Waals surface area contributed by atoms with Crippen LogP contribution in [-0.4, -0.2) is 40.1 Å². The van der Waals surface area contributed by atoms with Crippen molar-refractivity contribution in [3.8, 4) is 0 Å². The van der Waals surface area contributed by atoms with Crippen molar-refractivity contribution >= 4 is 12.0 Å². The fourth-order valence-electron chi connectivity index (χ4n) is 3.49. The first-order valence-electron chi connectivity index (χ1n) is 7.32. The molecule has 5 heteroatoms. The molecule has 3 atom stereocenters. The Morgan fingerprint density at radius 3 is 2.47 bits per heavy atom. The van der Waals surface area contributed by atoms with Gasteiger partial charge in [0.25, 0.3) is 0 Å². The van der Waals surface area contributed by atoms with Gasteiger partial charge in [-0.25, -0.2) is 9.59 Å². The lowest BCUT2D eigenvalue weighted by Gasteiger charge is -2.47. The van der Waals surface area contributed by atoms with E-state index in [1.54, 1.807) is 4.90 Å². The third-order valence-corrected chi connectivity index (χ3v) is 4.30. The van der Waals surface area contributed by atoms with E-state index in [1.165, 1.54) is 6.42 Å². The van der Waals surface area contributed by atoms with Crippen LogP contribution in [0, 0.1) is 5.92 Å². The summed E-state index contributed by atoms with van der Waals surface area (Å²) in [4.78, 5) is 25.4. The van der Waals surface area contributed by atoms with Crippen LogP contribution in [0.3, 0.4) is 0 Å². The largest absolute Gasteiger partial charge is 0.480 e. The molecule has 0 aromatic rings. The molecule has 0 bridgehead atoms. The van der Waals surface area contributed by atoms with Crippen molar-refractivity contribution < 1.29 is 14.7 Å². The molecule has 1 saturated carbocycles. The summed E-state index contributed by atoms with van der Waals surface area (Å²) in [5, 5.41) is 12.2. The van der Waals surface area contributed by atoms with Crippen LogP contribution < -0.4 is 5.32 Å². The molecule has 2 aliphatic rings. The summed E-state index contributed by atoms with van der Waals surface area (Å²) in [6, 6.07) is -0.717. The zero-order chi connectivity index (χ0) is 14.0. The van der Waals surface area contributed by atoms with E-state index in [-0.39, 0.29) is 18.1 Å². The molecular weight excluding hydrogens is 244 g/mol. The molecule has 2 amide bonds. The van der Waals surface area contributed by atoms with Gasteiger partial charge in [0.05, 0.1) is 0 Å². The van der Waals surface area contributed by atoms with Crippen LogP contribution in [0.4, 0.5) is 4.79 Å². The summed E-state index contributed by atoms with van der Waals surface area (Å²) in [6.45, 7) is 3.80. The van der Waals surface area contributed by atoms with Gasteiger partial charge in [0.1, 0.15) is 6.04 Å². The average molecular weight is 268 g/mol. The molecule has 0 aromatic carbocycles. The van der Waals surface area contributed by atoms with Gasteiger partial charge in [0.15, 0.2) is 0 Å². The van der Waals surface area contributed by atoms with Crippen LogP contribution >= 0.6 is 0 Å². The number of fused-ring (bicyclic) bond motifs is 1. The molecule has 3 unspecified atom stereocenters. The number of rotatable bonds is 2. The van der Waals surface area contributed by atoms with E-state index in [0.29, 0.717) is 12.3 Å². The van der Waals surface area contributed by atoms with Crippen molar-refractivity contribution in [2.24, 2.45) is 5.92 Å². The van der Waals surface area contributed by atoms with Crippen molar-refractivity contribution in [1.29, 1.82) is 0 Å². The van der Waals surface area contributed by atoms with Crippen LogP contribution in [0.5, 0.6) is 0 Å². The number of amides is 2. The highest BCUT2D eigenvalue weighted by molar-refractivity contribution is 5.83. The molecule has 0 spiro atoms. The Morgan fingerprint density at radius 1 is 1.16 bits per heavy atom. The number of carboxylic acids is 1. The molecule has 0 radical (unpaired) electrons. The number of nitrogens with one attached hydrogen (secondary N) is 1. The average Bonchev–Trinajstić information content (AvgIpc) is 2.36. The zero-order valence-electron chi connectivity index (χ0n) is 11.8. The maximum atomic E-state index is 12.3. The normalized spacial score (nSPS) is 30.9. The smallest absolute Gasteiger partial charge is 0.326 e. The van der Waals surface area contributed by atoms with E-state index < -0.39 is 12.0 Å². The Kier molecular flexibility index (Phi) is 4.32. The Bertz CT molecular complexity index is 357. The number of aliphatic carboxylic acids is 1. The number of carbonyl (C=O) groups excluding carboxylic acids is 1. The Labute approximate surface area is 114 Å². The van der Waals surface area contributed by atoms with Crippen molar-refractivity contribution in [2.75, 3.05) is 0 Å². The lowest BCUT2D eigenvalue weighted by atomic mass is 9.76. The van der Waals surface area contributed by atoms with Crippen LogP contribution in [0.25, 0.3) is 0 Å². The SMILES string of the molecule is CC(C)NC(=O)N1C(C(=O)O)CCC2CCCCC21. The van der Waals surface area contributed by atoms with Gasteiger partial charge in [-0.1, -0.05) is 12.8 Å². The van der Waals surface area contributed by atoms with E-state index in [9.17, 15) is 14.7 Å². The summed E-state index contributed by atoms with van der Waals surface area (Å²) in [7, 11) is 0. The van der Waals surface area contributed by atoms with E-state index in [1.807, 2.05) is 13.8 Å². The van der Waals surface area contributed by atoms with Gasteiger partial charge >= 0.3 is 12.0 Å². The second-order valence-corrected chi connectivity index (χ2v) is 6.05. The molecule has 1 saturated heterocycles. The maximum absolute atomic E-state index is 12.3. The minimum absolute atomic E-state index is 0.0333. The standard InChI is InChI=1S/C14H24N2O3/c1-9(2)15-14(19)16-11-6-4-3-5-10(11)7-8-12(16)13(17)18/h9-12H,3-8H2,1-2H3,(H,15,19)(H,17,18). The second kappa shape index (κ2) is 5.80. The number of carboxylic acid groups (broad SMARTS) is 1. The fourth-order valence-corrected chi connectivity index (χ4v) is 3.49. The summed E-state index contributed by atoms with van der Waals surface area (Å²) < 4.78 is 0.